The number of amides is 1. The largest absolute Gasteiger partial charge is 0.495 e. The van der Waals surface area contributed by atoms with Gasteiger partial charge in [-0.1, -0.05) is 43.6 Å². The van der Waals surface area contributed by atoms with E-state index in [1.807, 2.05) is 24.3 Å². The third-order valence-electron chi connectivity index (χ3n) is 4.99. The number of hydrogen-bond donors (Lipinski definition) is 1. The van der Waals surface area contributed by atoms with Gasteiger partial charge in [0.1, 0.15) is 17.0 Å². The molecule has 0 unspecified atom stereocenters. The van der Waals surface area contributed by atoms with Crippen molar-refractivity contribution in [3.8, 4) is 23.0 Å². The molecule has 0 aliphatic heterocycles. The predicted molar refractivity (Wildman–Crippen MR) is 126 cm³/mol. The second-order valence-electron chi connectivity index (χ2n) is 7.58. The van der Waals surface area contributed by atoms with Crippen LogP contribution < -0.4 is 14.8 Å². The Morgan fingerprint density at radius 1 is 1.09 bits per heavy atom. The van der Waals surface area contributed by atoms with Crippen molar-refractivity contribution in [2.45, 2.75) is 19.8 Å². The number of anilines is 1. The maximum Gasteiger partial charge on any atom is 0.262 e. The lowest BCUT2D eigenvalue weighted by atomic mass is 10.0. The summed E-state index contributed by atoms with van der Waals surface area (Å²) >= 11 is 6.07. The Kier molecular flexibility index (Phi) is 6.32. The number of nitrogens with zero attached hydrogens (tertiary/aromatic N) is 1. The Labute approximate surface area is 191 Å². The molecule has 0 saturated heterocycles. The van der Waals surface area contributed by atoms with E-state index in [4.69, 9.17) is 25.5 Å². The number of benzene rings is 3. The highest BCUT2D eigenvalue weighted by Crippen LogP contribution is 2.32. The van der Waals surface area contributed by atoms with E-state index in [1.165, 1.54) is 12.7 Å². The first-order chi connectivity index (χ1) is 15.4. The van der Waals surface area contributed by atoms with Crippen molar-refractivity contribution in [3.63, 3.8) is 0 Å². The highest BCUT2D eigenvalue weighted by molar-refractivity contribution is 6.32. The first-order valence-corrected chi connectivity index (χ1v) is 10.6. The van der Waals surface area contributed by atoms with E-state index in [1.54, 1.807) is 36.4 Å². The lowest BCUT2D eigenvalue weighted by Crippen LogP contribution is -2.20. The molecule has 1 N–H and O–H groups in total. The fraction of sp³-hybridized carbons (Fsp3) is 0.200. The van der Waals surface area contributed by atoms with Crippen LogP contribution in [0.5, 0.6) is 11.5 Å². The summed E-state index contributed by atoms with van der Waals surface area (Å²) < 4.78 is 16.8. The predicted octanol–water partition coefficient (Wildman–Crippen LogP) is 6.30. The van der Waals surface area contributed by atoms with Crippen LogP contribution in [0.1, 0.15) is 25.3 Å². The van der Waals surface area contributed by atoms with E-state index < -0.39 is 0 Å². The van der Waals surface area contributed by atoms with Crippen molar-refractivity contribution in [2.24, 2.45) is 0 Å². The van der Waals surface area contributed by atoms with Crippen LogP contribution in [-0.4, -0.2) is 24.6 Å². The van der Waals surface area contributed by atoms with Crippen molar-refractivity contribution in [2.75, 3.05) is 19.0 Å². The number of oxazole rings is 1. The molecule has 1 heterocycles. The van der Waals surface area contributed by atoms with Gasteiger partial charge in [0.05, 0.1) is 17.8 Å². The summed E-state index contributed by atoms with van der Waals surface area (Å²) in [6, 6.07) is 18.3. The topological polar surface area (TPSA) is 73.6 Å². The molecule has 3 aromatic carbocycles. The van der Waals surface area contributed by atoms with Crippen molar-refractivity contribution < 1.29 is 18.7 Å². The lowest BCUT2D eigenvalue weighted by Gasteiger charge is -2.12. The number of fused-ring (bicyclic) bond motifs is 1. The molecule has 0 atom stereocenters. The normalized spacial score (nSPS) is 11.0. The van der Waals surface area contributed by atoms with Gasteiger partial charge in [-0.3, -0.25) is 4.79 Å². The van der Waals surface area contributed by atoms with Crippen LogP contribution in [0.2, 0.25) is 5.02 Å². The molecule has 1 amide bonds. The van der Waals surface area contributed by atoms with Gasteiger partial charge in [-0.2, -0.15) is 0 Å². The van der Waals surface area contributed by atoms with Gasteiger partial charge in [0, 0.05) is 5.56 Å². The van der Waals surface area contributed by atoms with Crippen molar-refractivity contribution in [3.05, 3.63) is 71.2 Å². The second-order valence-corrected chi connectivity index (χ2v) is 7.99. The molecule has 0 radical (unpaired) electrons. The average Bonchev–Trinajstić information content (AvgIpc) is 3.22. The van der Waals surface area contributed by atoms with E-state index in [-0.39, 0.29) is 12.5 Å². The van der Waals surface area contributed by atoms with Crippen LogP contribution in [0.3, 0.4) is 0 Å². The van der Waals surface area contributed by atoms with E-state index in [0.29, 0.717) is 39.6 Å². The number of ether oxygens (including phenoxy) is 2. The molecule has 0 fully saturated rings. The van der Waals surface area contributed by atoms with Crippen LogP contribution >= 0.6 is 11.6 Å². The second kappa shape index (κ2) is 9.32. The summed E-state index contributed by atoms with van der Waals surface area (Å²) in [4.78, 5) is 17.1. The van der Waals surface area contributed by atoms with Crippen LogP contribution in [0, 0.1) is 0 Å². The maximum absolute atomic E-state index is 12.5. The number of rotatable bonds is 7. The zero-order valence-electron chi connectivity index (χ0n) is 18.0. The summed E-state index contributed by atoms with van der Waals surface area (Å²) in [6.07, 6.45) is 0. The molecule has 4 rings (SSSR count). The van der Waals surface area contributed by atoms with Gasteiger partial charge in [0.15, 0.2) is 12.2 Å². The smallest absolute Gasteiger partial charge is 0.262 e. The first kappa shape index (κ1) is 21.7. The highest BCUT2D eigenvalue weighted by Gasteiger charge is 2.15. The van der Waals surface area contributed by atoms with Gasteiger partial charge in [0.25, 0.3) is 5.91 Å². The highest BCUT2D eigenvalue weighted by atomic mass is 35.5. The minimum absolute atomic E-state index is 0.196. The molecule has 7 heteroatoms. The van der Waals surface area contributed by atoms with Crippen LogP contribution in [-0.2, 0) is 4.79 Å². The number of halogens is 1. The van der Waals surface area contributed by atoms with E-state index >= 15 is 0 Å². The Morgan fingerprint density at radius 2 is 1.91 bits per heavy atom. The number of nitrogens with one attached hydrogen (secondary N) is 1. The monoisotopic (exact) mass is 450 g/mol. The molecule has 6 nitrogen and oxygen atoms in total. The molecule has 4 aromatic rings. The third kappa shape index (κ3) is 4.70. The minimum Gasteiger partial charge on any atom is -0.495 e. The van der Waals surface area contributed by atoms with Gasteiger partial charge < -0.3 is 19.2 Å². The van der Waals surface area contributed by atoms with Crippen molar-refractivity contribution in [1.82, 2.24) is 4.98 Å². The number of methoxy groups -OCH3 is 1. The minimum atomic E-state index is -0.348. The summed E-state index contributed by atoms with van der Waals surface area (Å²) in [6.45, 7) is 4.07. The zero-order chi connectivity index (χ0) is 22.7. The number of para-hydroxylation sites is 1. The Morgan fingerprint density at radius 3 is 2.66 bits per heavy atom. The number of aromatic nitrogens is 1. The van der Waals surface area contributed by atoms with Crippen molar-refractivity contribution >= 4 is 34.3 Å². The SMILES string of the molecule is COc1ccc(-c2nc3cc(C(C)C)ccc3o2)cc1NC(=O)COc1ccccc1Cl. The third-order valence-corrected chi connectivity index (χ3v) is 5.31. The number of carbonyl (C=O) groups is 1. The molecule has 0 aliphatic rings. The molecule has 0 spiro atoms. The van der Waals surface area contributed by atoms with Gasteiger partial charge >= 0.3 is 0 Å². The summed E-state index contributed by atoms with van der Waals surface area (Å²) in [7, 11) is 1.54. The molecule has 0 aliphatic carbocycles. The lowest BCUT2D eigenvalue weighted by molar-refractivity contribution is -0.118. The average molecular weight is 451 g/mol. The van der Waals surface area contributed by atoms with Gasteiger partial charge in [0.2, 0.25) is 5.89 Å². The van der Waals surface area contributed by atoms with Gasteiger partial charge in [-0.15, -0.1) is 0 Å². The fourth-order valence-corrected chi connectivity index (χ4v) is 3.45. The van der Waals surface area contributed by atoms with Crippen LogP contribution in [0.25, 0.3) is 22.6 Å². The zero-order valence-corrected chi connectivity index (χ0v) is 18.8. The van der Waals surface area contributed by atoms with Crippen molar-refractivity contribution in [1.29, 1.82) is 0 Å². The molecular weight excluding hydrogens is 428 g/mol. The van der Waals surface area contributed by atoms with Crippen LogP contribution in [0.4, 0.5) is 5.69 Å². The number of hydrogen-bond acceptors (Lipinski definition) is 5. The molecule has 0 bridgehead atoms. The summed E-state index contributed by atoms with van der Waals surface area (Å²) in [5.41, 5.74) is 3.90. The Balaban J connectivity index is 1.55. The molecule has 164 valence electrons. The van der Waals surface area contributed by atoms with Gasteiger partial charge in [-0.25, -0.2) is 4.98 Å². The Hall–Kier alpha value is -3.51. The maximum atomic E-state index is 12.5. The molecule has 1 aromatic heterocycles. The number of carbonyl (C=O) groups excluding carboxylic acids is 1. The van der Waals surface area contributed by atoms with Crippen LogP contribution in [0.15, 0.2) is 65.1 Å². The van der Waals surface area contributed by atoms with E-state index in [2.05, 4.69) is 24.1 Å². The fourth-order valence-electron chi connectivity index (χ4n) is 3.26. The quantitative estimate of drug-likeness (QED) is 0.357. The summed E-state index contributed by atoms with van der Waals surface area (Å²) in [5, 5.41) is 3.26. The standard InChI is InChI=1S/C25H23ClN2O4/c1-15(2)16-8-11-23-20(12-16)28-25(32-23)17-9-10-22(30-3)19(13-17)27-24(29)14-31-21-7-5-4-6-18(21)26/h4-13,15H,14H2,1-3H3,(H,27,29). The van der Waals surface area contributed by atoms with E-state index in [9.17, 15) is 4.79 Å². The first-order valence-electron chi connectivity index (χ1n) is 10.2. The molecule has 0 saturated carbocycles. The van der Waals surface area contributed by atoms with Gasteiger partial charge in [-0.05, 0) is 53.9 Å². The molecular formula is C25H23ClN2O4. The summed E-state index contributed by atoms with van der Waals surface area (Å²) in [5.74, 6) is 1.47. The molecule has 32 heavy (non-hydrogen) atoms. The Bertz CT molecular complexity index is 1270. The van der Waals surface area contributed by atoms with E-state index in [0.717, 1.165) is 11.1 Å².